The van der Waals surface area contributed by atoms with Gasteiger partial charge in [-0.3, -0.25) is 6.54 Å². The summed E-state index contributed by atoms with van der Waals surface area (Å²) >= 11 is 0. The fraction of sp³-hybridized carbons (Fsp3) is 0.500. The maximum atomic E-state index is 8.89. The van der Waals surface area contributed by atoms with Gasteiger partial charge in [-0.15, -0.1) is 6.54 Å². The van der Waals surface area contributed by atoms with E-state index in [9.17, 15) is 0 Å². The van der Waals surface area contributed by atoms with Crippen molar-refractivity contribution in [2.45, 2.75) is 27.7 Å². The molecule has 0 spiro atoms. The molecule has 129 valence electrons. The average molecular weight is 481 g/mol. The number of rotatable bonds is 1. The van der Waals surface area contributed by atoms with Crippen molar-refractivity contribution in [1.82, 2.24) is 0 Å². The second-order valence-electron chi connectivity index (χ2n) is 2.44. The molecule has 0 rings (SSSR count). The van der Waals surface area contributed by atoms with Gasteiger partial charge in [0.25, 0.3) is 0 Å². The van der Waals surface area contributed by atoms with Crippen molar-refractivity contribution in [1.29, 1.82) is 0 Å². The summed E-state index contributed by atoms with van der Waals surface area (Å²) in [5.74, 6) is -4.33. The summed E-state index contributed by atoms with van der Waals surface area (Å²) in [5, 5.41) is 35.6. The van der Waals surface area contributed by atoms with Crippen molar-refractivity contribution in [3.05, 3.63) is 6.54 Å². The molecule has 0 fully saturated rings. The summed E-state index contributed by atoms with van der Waals surface area (Å²) in [6.45, 7) is 5.76. The van der Waals surface area contributed by atoms with Crippen molar-refractivity contribution in [3.63, 3.8) is 0 Å². The molecule has 4 N–H and O–H groups in total. The standard InChI is InChI=1S/C2H7N2.4C2H4O2.Re/c3-1-2-4;4*1-2(3)4;/h1H,2-4H2;4*1H3,(H,3,4);/q-1;;;;;/p-4. The molecule has 0 aliphatic carbocycles. The normalized spacial score (nSPS) is 6.19. The van der Waals surface area contributed by atoms with E-state index in [0.717, 1.165) is 27.7 Å². The minimum atomic E-state index is -1.08. The molecule has 21 heavy (non-hydrogen) atoms. The zero-order chi connectivity index (χ0) is 17.7. The van der Waals surface area contributed by atoms with Gasteiger partial charge in [0.05, 0.1) is 0 Å². The Morgan fingerprint density at radius 2 is 0.810 bits per heavy atom. The topological polar surface area (TPSA) is 213 Å². The Hall–Kier alpha value is -1.54. The molecular formula is C10H19N2O8Re-5. The van der Waals surface area contributed by atoms with Crippen molar-refractivity contribution in [2.24, 2.45) is 11.5 Å². The van der Waals surface area contributed by atoms with Crippen LogP contribution >= 0.6 is 0 Å². The number of hydrogen-bond donors (Lipinski definition) is 2. The van der Waals surface area contributed by atoms with Crippen LogP contribution < -0.4 is 31.9 Å². The van der Waals surface area contributed by atoms with Gasteiger partial charge in [0.2, 0.25) is 0 Å². The zero-order valence-electron chi connectivity index (χ0n) is 12.1. The Bertz CT molecular complexity index is 195. The van der Waals surface area contributed by atoms with Crippen LogP contribution in [0.15, 0.2) is 0 Å². The first-order valence-corrected chi connectivity index (χ1v) is 4.78. The Balaban J connectivity index is -0.0000000331. The minimum absolute atomic E-state index is 0. The van der Waals surface area contributed by atoms with Crippen LogP contribution in [0.3, 0.4) is 0 Å². The van der Waals surface area contributed by atoms with Crippen LogP contribution in [0.25, 0.3) is 0 Å². The van der Waals surface area contributed by atoms with Crippen LogP contribution in [0.1, 0.15) is 27.7 Å². The first kappa shape index (κ1) is 36.6. The van der Waals surface area contributed by atoms with E-state index in [4.69, 9.17) is 51.1 Å². The smallest absolute Gasteiger partial charge is 0.0383 e. The van der Waals surface area contributed by atoms with Crippen LogP contribution in [0.4, 0.5) is 0 Å². The van der Waals surface area contributed by atoms with E-state index in [1.54, 1.807) is 0 Å². The fourth-order valence-corrected chi connectivity index (χ4v) is 0. The van der Waals surface area contributed by atoms with Crippen molar-refractivity contribution in [3.8, 4) is 0 Å². The molecule has 0 saturated carbocycles. The van der Waals surface area contributed by atoms with E-state index >= 15 is 0 Å². The number of aliphatic carboxylic acids is 4. The number of carbonyl (C=O) groups is 4. The van der Waals surface area contributed by atoms with Gasteiger partial charge in [-0.2, -0.15) is 0 Å². The molecule has 1 radical (unpaired) electrons. The number of carboxylic acid groups (broad SMARTS) is 4. The predicted molar refractivity (Wildman–Crippen MR) is 60.3 cm³/mol. The van der Waals surface area contributed by atoms with Gasteiger partial charge in [-0.25, -0.2) is 0 Å². The summed E-state index contributed by atoms with van der Waals surface area (Å²) in [4.78, 5) is 35.6. The molecule has 11 heteroatoms. The van der Waals surface area contributed by atoms with Crippen LogP contribution in [0, 0.1) is 6.54 Å². The quantitative estimate of drug-likeness (QED) is 0.338. The third-order valence-corrected chi connectivity index (χ3v) is 0.136. The molecule has 0 unspecified atom stereocenters. The number of hydrogen-bond acceptors (Lipinski definition) is 10. The van der Waals surface area contributed by atoms with E-state index in [0.29, 0.717) is 6.54 Å². The van der Waals surface area contributed by atoms with Crippen LogP contribution in [-0.2, 0) is 39.6 Å². The third kappa shape index (κ3) is 17300. The average Bonchev–Trinajstić information content (AvgIpc) is 2.13. The van der Waals surface area contributed by atoms with Gasteiger partial charge >= 0.3 is 0 Å². The molecule has 0 aliphatic rings. The molecule has 0 atom stereocenters. The van der Waals surface area contributed by atoms with Gasteiger partial charge in [-0.1, -0.05) is 0 Å². The molecule has 0 aliphatic heterocycles. The maximum absolute atomic E-state index is 8.89. The monoisotopic (exact) mass is 482 g/mol. The first-order chi connectivity index (χ1) is 8.84. The van der Waals surface area contributed by atoms with Gasteiger partial charge in [0.15, 0.2) is 0 Å². The van der Waals surface area contributed by atoms with Gasteiger partial charge in [-0.05, 0) is 27.7 Å². The molecule has 0 bridgehead atoms. The largest absolute Gasteiger partial charge is 0.550 e. The molecular weight excluding hydrogens is 462 g/mol. The van der Waals surface area contributed by atoms with Crippen LogP contribution in [-0.4, -0.2) is 30.4 Å². The molecule has 0 saturated heterocycles. The van der Waals surface area contributed by atoms with E-state index in [1.165, 1.54) is 6.54 Å². The first-order valence-electron chi connectivity index (χ1n) is 4.78. The summed E-state index contributed by atoms with van der Waals surface area (Å²) < 4.78 is 0. The van der Waals surface area contributed by atoms with Gasteiger partial charge in [0.1, 0.15) is 0 Å². The minimum Gasteiger partial charge on any atom is -0.550 e. The molecule has 0 aromatic rings. The third-order valence-electron chi connectivity index (χ3n) is 0.136. The van der Waals surface area contributed by atoms with E-state index in [-0.39, 0.29) is 20.4 Å². The Labute approximate surface area is 136 Å². The summed E-state index contributed by atoms with van der Waals surface area (Å²) in [7, 11) is 0. The van der Waals surface area contributed by atoms with Gasteiger partial charge in [0, 0.05) is 44.3 Å². The molecule has 0 amide bonds. The van der Waals surface area contributed by atoms with E-state index < -0.39 is 23.9 Å². The second-order valence-corrected chi connectivity index (χ2v) is 2.44. The molecule has 0 heterocycles. The number of carboxylic acids is 4. The summed E-state index contributed by atoms with van der Waals surface area (Å²) in [6, 6.07) is 0. The number of nitrogens with two attached hydrogens (primary N) is 2. The summed E-state index contributed by atoms with van der Waals surface area (Å²) in [6.07, 6.45) is 0. The van der Waals surface area contributed by atoms with Crippen LogP contribution in [0.5, 0.6) is 0 Å². The predicted octanol–water partition coefficient (Wildman–Crippen LogP) is -5.91. The fourth-order valence-electron chi connectivity index (χ4n) is 0. The van der Waals surface area contributed by atoms with Gasteiger partial charge < -0.3 is 51.1 Å². The van der Waals surface area contributed by atoms with Crippen molar-refractivity contribution in [2.75, 3.05) is 6.54 Å². The molecule has 0 aromatic heterocycles. The second kappa shape index (κ2) is 36.2. The molecule has 0 aromatic carbocycles. The van der Waals surface area contributed by atoms with Crippen LogP contribution in [0.2, 0.25) is 0 Å². The van der Waals surface area contributed by atoms with Crippen molar-refractivity contribution < 1.29 is 60.0 Å². The van der Waals surface area contributed by atoms with Crippen molar-refractivity contribution >= 4 is 23.9 Å². The van der Waals surface area contributed by atoms with E-state index in [2.05, 4.69) is 0 Å². The number of carbonyl (C=O) groups excluding carboxylic acids is 4. The zero-order valence-corrected chi connectivity index (χ0v) is 14.8. The summed E-state index contributed by atoms with van der Waals surface area (Å²) in [5.41, 5.74) is 9.62. The Morgan fingerprint density at radius 3 is 0.810 bits per heavy atom. The van der Waals surface area contributed by atoms with E-state index in [1.807, 2.05) is 0 Å². The molecule has 10 nitrogen and oxygen atoms in total. The maximum Gasteiger partial charge on any atom is 0.0383 e. The Morgan fingerprint density at radius 1 is 0.762 bits per heavy atom. The Kier molecular flexibility index (Phi) is 63.2. The SMILES string of the molecule is CC(=O)[O-].CC(=O)[O-].CC(=O)[O-].CC(=O)[O-].N[CH-]CN.[Re].